The van der Waals surface area contributed by atoms with Crippen LogP contribution in [0.15, 0.2) is 66.7 Å². The Morgan fingerprint density at radius 3 is 2.10 bits per heavy atom. The van der Waals surface area contributed by atoms with E-state index in [1.54, 1.807) is 14.2 Å². The normalized spacial score (nSPS) is 18.2. The quantitative estimate of drug-likeness (QED) is 0.571. The number of aliphatic hydroxyl groups is 1. The highest BCUT2D eigenvalue weighted by Gasteiger charge is 2.22. The highest BCUT2D eigenvalue weighted by molar-refractivity contribution is 5.86. The van der Waals surface area contributed by atoms with Crippen LogP contribution in [0.2, 0.25) is 0 Å². The van der Waals surface area contributed by atoms with Crippen LogP contribution in [-0.2, 0) is 11.3 Å². The lowest BCUT2D eigenvalue weighted by atomic mass is 9.90. The van der Waals surface area contributed by atoms with Gasteiger partial charge in [0.15, 0.2) is 0 Å². The lowest BCUT2D eigenvalue weighted by Gasteiger charge is -2.18. The molecule has 5 heteroatoms. The zero-order valence-electron chi connectivity index (χ0n) is 18.0. The van der Waals surface area contributed by atoms with Crippen LogP contribution >= 0.6 is 0 Å². The van der Waals surface area contributed by atoms with Crippen LogP contribution in [0, 0.1) is 0 Å². The number of nitrogens with one attached hydrogen (secondary N) is 1. The maximum Gasteiger partial charge on any atom is 0.118 e. The molecule has 3 aromatic rings. The molecule has 0 saturated carbocycles. The van der Waals surface area contributed by atoms with Crippen LogP contribution in [0.3, 0.4) is 0 Å². The van der Waals surface area contributed by atoms with Gasteiger partial charge in [-0.1, -0.05) is 42.5 Å². The van der Waals surface area contributed by atoms with Crippen LogP contribution in [0.25, 0.3) is 22.3 Å². The summed E-state index contributed by atoms with van der Waals surface area (Å²) in [7, 11) is 3.35. The minimum absolute atomic E-state index is 0.198. The summed E-state index contributed by atoms with van der Waals surface area (Å²) in [6.45, 7) is 1.71. The molecule has 1 aliphatic heterocycles. The molecule has 0 bridgehead atoms. The maximum absolute atomic E-state index is 9.71. The first-order chi connectivity index (χ1) is 15.2. The van der Waals surface area contributed by atoms with Crippen molar-refractivity contribution in [1.82, 2.24) is 5.32 Å². The van der Waals surface area contributed by atoms with Crippen molar-refractivity contribution in [2.75, 3.05) is 27.4 Å². The molecule has 0 unspecified atom stereocenters. The molecule has 2 atom stereocenters. The van der Waals surface area contributed by atoms with Gasteiger partial charge in [0.25, 0.3) is 0 Å². The third-order valence-corrected chi connectivity index (χ3v) is 5.71. The topological polar surface area (TPSA) is 60.0 Å². The van der Waals surface area contributed by atoms with Gasteiger partial charge >= 0.3 is 0 Å². The van der Waals surface area contributed by atoms with Crippen molar-refractivity contribution in [1.29, 1.82) is 0 Å². The monoisotopic (exact) mass is 419 g/mol. The SMILES string of the molecule is COc1ccc(-c2cccc(COC[C@@H]3C[C@@H](O)CN3)c2-c2ccc(OC)cc2)cc1. The number of hydrogen-bond acceptors (Lipinski definition) is 5. The number of aliphatic hydroxyl groups excluding tert-OH is 1. The van der Waals surface area contributed by atoms with Gasteiger partial charge in [-0.15, -0.1) is 0 Å². The van der Waals surface area contributed by atoms with E-state index in [-0.39, 0.29) is 12.1 Å². The first-order valence-corrected chi connectivity index (χ1v) is 10.6. The summed E-state index contributed by atoms with van der Waals surface area (Å²) in [5.41, 5.74) is 5.64. The molecule has 0 radical (unpaired) electrons. The van der Waals surface area contributed by atoms with Crippen molar-refractivity contribution in [3.8, 4) is 33.8 Å². The molecule has 0 amide bonds. The molecule has 5 nitrogen and oxygen atoms in total. The fourth-order valence-corrected chi connectivity index (χ4v) is 4.07. The van der Waals surface area contributed by atoms with Gasteiger partial charge in [-0.3, -0.25) is 0 Å². The second-order valence-corrected chi connectivity index (χ2v) is 7.81. The predicted octanol–water partition coefficient (Wildman–Crippen LogP) is 4.28. The smallest absolute Gasteiger partial charge is 0.118 e. The Bertz CT molecular complexity index is 985. The van der Waals surface area contributed by atoms with E-state index in [0.29, 0.717) is 19.8 Å². The van der Waals surface area contributed by atoms with Crippen molar-refractivity contribution in [3.05, 3.63) is 72.3 Å². The summed E-state index contributed by atoms with van der Waals surface area (Å²) in [6, 6.07) is 22.8. The lowest BCUT2D eigenvalue weighted by molar-refractivity contribution is 0.0990. The van der Waals surface area contributed by atoms with Gasteiger partial charge in [-0.25, -0.2) is 0 Å². The Labute approximate surface area is 183 Å². The fraction of sp³-hybridized carbons (Fsp3) is 0.308. The molecule has 3 aromatic carbocycles. The molecule has 0 aromatic heterocycles. The number of β-amino-alcohol motifs (C(OH)–C–C–N with tert-alkyl or cyclic N) is 1. The third kappa shape index (κ3) is 5.07. The largest absolute Gasteiger partial charge is 0.497 e. The van der Waals surface area contributed by atoms with Gasteiger partial charge in [-0.05, 0) is 58.5 Å². The van der Waals surface area contributed by atoms with E-state index in [1.807, 2.05) is 24.3 Å². The molecule has 0 aliphatic carbocycles. The summed E-state index contributed by atoms with van der Waals surface area (Å²) in [4.78, 5) is 0. The fourth-order valence-electron chi connectivity index (χ4n) is 4.07. The summed E-state index contributed by atoms with van der Waals surface area (Å²) < 4.78 is 16.7. The molecular weight excluding hydrogens is 390 g/mol. The van der Waals surface area contributed by atoms with Crippen LogP contribution in [-0.4, -0.2) is 44.6 Å². The van der Waals surface area contributed by atoms with E-state index in [1.165, 1.54) is 0 Å². The van der Waals surface area contributed by atoms with Gasteiger partial charge in [0.2, 0.25) is 0 Å². The molecule has 2 N–H and O–H groups in total. The predicted molar refractivity (Wildman–Crippen MR) is 122 cm³/mol. The maximum atomic E-state index is 9.71. The van der Waals surface area contributed by atoms with Crippen LogP contribution in [0.5, 0.6) is 11.5 Å². The van der Waals surface area contributed by atoms with Crippen molar-refractivity contribution in [2.45, 2.75) is 25.2 Å². The second-order valence-electron chi connectivity index (χ2n) is 7.81. The average molecular weight is 420 g/mol. The lowest BCUT2D eigenvalue weighted by Crippen LogP contribution is -2.26. The number of benzene rings is 3. The van der Waals surface area contributed by atoms with Crippen molar-refractivity contribution in [3.63, 3.8) is 0 Å². The molecule has 1 heterocycles. The first kappa shape index (κ1) is 21.4. The summed E-state index contributed by atoms with van der Waals surface area (Å²) in [6.07, 6.45) is 0.457. The molecule has 162 valence electrons. The summed E-state index contributed by atoms with van der Waals surface area (Å²) in [5, 5.41) is 13.0. The molecular formula is C26H29NO4. The Morgan fingerprint density at radius 2 is 1.52 bits per heavy atom. The van der Waals surface area contributed by atoms with Crippen molar-refractivity contribution >= 4 is 0 Å². The van der Waals surface area contributed by atoms with Gasteiger partial charge in [0.05, 0.1) is 33.5 Å². The molecule has 1 fully saturated rings. The second kappa shape index (κ2) is 9.96. The zero-order valence-corrected chi connectivity index (χ0v) is 18.0. The Hall–Kier alpha value is -2.86. The van der Waals surface area contributed by atoms with Gasteiger partial charge in [0, 0.05) is 12.6 Å². The Morgan fingerprint density at radius 1 is 0.871 bits per heavy atom. The van der Waals surface area contributed by atoms with Crippen molar-refractivity contribution in [2.24, 2.45) is 0 Å². The van der Waals surface area contributed by atoms with Crippen molar-refractivity contribution < 1.29 is 19.3 Å². The standard InChI is InChI=1S/C26H29NO4/c1-29-23-10-6-18(7-11-23)25-5-3-4-20(16-31-17-21-14-22(28)15-27-21)26(25)19-8-12-24(30-2)13-9-19/h3-13,21-22,27-28H,14-17H2,1-2H3/t21-,22+/m0/s1. The van der Waals surface area contributed by atoms with Gasteiger partial charge in [0.1, 0.15) is 11.5 Å². The average Bonchev–Trinajstić information content (AvgIpc) is 3.24. The van der Waals surface area contributed by atoms with Gasteiger partial charge in [-0.2, -0.15) is 0 Å². The highest BCUT2D eigenvalue weighted by Crippen LogP contribution is 2.36. The van der Waals surface area contributed by atoms with E-state index < -0.39 is 0 Å². The number of ether oxygens (including phenoxy) is 3. The summed E-state index contributed by atoms with van der Waals surface area (Å²) in [5.74, 6) is 1.66. The molecule has 4 rings (SSSR count). The van der Waals surface area contributed by atoms with Crippen LogP contribution in [0.4, 0.5) is 0 Å². The van der Waals surface area contributed by atoms with E-state index >= 15 is 0 Å². The molecule has 1 saturated heterocycles. The minimum atomic E-state index is -0.276. The Balaban J connectivity index is 1.65. The molecule has 1 aliphatic rings. The van der Waals surface area contributed by atoms with E-state index in [9.17, 15) is 5.11 Å². The number of hydrogen-bond donors (Lipinski definition) is 2. The molecule has 31 heavy (non-hydrogen) atoms. The van der Waals surface area contributed by atoms with Crippen LogP contribution in [0.1, 0.15) is 12.0 Å². The van der Waals surface area contributed by atoms with E-state index in [4.69, 9.17) is 14.2 Å². The zero-order chi connectivity index (χ0) is 21.6. The summed E-state index contributed by atoms with van der Waals surface area (Å²) >= 11 is 0. The van der Waals surface area contributed by atoms with E-state index in [0.717, 1.165) is 45.7 Å². The highest BCUT2D eigenvalue weighted by atomic mass is 16.5. The Kier molecular flexibility index (Phi) is 6.87. The third-order valence-electron chi connectivity index (χ3n) is 5.71. The molecule has 0 spiro atoms. The van der Waals surface area contributed by atoms with Gasteiger partial charge < -0.3 is 24.6 Å². The first-order valence-electron chi connectivity index (χ1n) is 10.6. The minimum Gasteiger partial charge on any atom is -0.497 e. The number of methoxy groups -OCH3 is 2. The number of rotatable bonds is 8. The van der Waals surface area contributed by atoms with Crippen LogP contribution < -0.4 is 14.8 Å². The van der Waals surface area contributed by atoms with E-state index in [2.05, 4.69) is 47.8 Å².